The predicted octanol–water partition coefficient (Wildman–Crippen LogP) is -0.316. The Hall–Kier alpha value is -0.210. The molecule has 1 saturated carbocycles. The maximum absolute atomic E-state index is 12.0. The minimum atomic E-state index is -3.13. The van der Waals surface area contributed by atoms with Crippen LogP contribution in [0.5, 0.6) is 0 Å². The Kier molecular flexibility index (Phi) is 6.43. The van der Waals surface area contributed by atoms with Gasteiger partial charge in [0.15, 0.2) is 0 Å². The lowest BCUT2D eigenvalue weighted by atomic mass is 10.2. The van der Waals surface area contributed by atoms with Gasteiger partial charge in [-0.25, -0.2) is 13.1 Å². The molecule has 1 aliphatic carbocycles. The molecule has 0 spiro atoms. The smallest absolute Gasteiger partial charge is 0.211 e. The van der Waals surface area contributed by atoms with Gasteiger partial charge in [-0.1, -0.05) is 0 Å². The zero-order valence-electron chi connectivity index (χ0n) is 13.3. The number of nitrogens with one attached hydrogen (secondary N) is 2. The van der Waals surface area contributed by atoms with Crippen molar-refractivity contribution in [2.75, 3.05) is 52.6 Å². The fourth-order valence-electron chi connectivity index (χ4n) is 2.63. The molecular weight excluding hydrogens is 288 g/mol. The average molecular weight is 318 g/mol. The predicted molar refractivity (Wildman–Crippen MR) is 86.0 cm³/mol. The summed E-state index contributed by atoms with van der Waals surface area (Å²) in [4.78, 5) is 4.49. The van der Waals surface area contributed by atoms with Crippen molar-refractivity contribution in [2.24, 2.45) is 0 Å². The molecule has 1 atom stereocenters. The molecule has 124 valence electrons. The van der Waals surface area contributed by atoms with Crippen LogP contribution in [0.4, 0.5) is 0 Å². The van der Waals surface area contributed by atoms with Gasteiger partial charge < -0.3 is 10.2 Å². The van der Waals surface area contributed by atoms with Gasteiger partial charge in [-0.2, -0.15) is 0 Å². The van der Waals surface area contributed by atoms with Gasteiger partial charge in [0.1, 0.15) is 0 Å². The first-order chi connectivity index (χ1) is 9.96. The van der Waals surface area contributed by atoms with Crippen molar-refractivity contribution in [3.8, 4) is 0 Å². The summed E-state index contributed by atoms with van der Waals surface area (Å²) in [5.41, 5.74) is 0. The molecule has 2 aliphatic rings. The minimum absolute atomic E-state index is 0.242. The summed E-state index contributed by atoms with van der Waals surface area (Å²) in [5, 5.41) is 3.41. The van der Waals surface area contributed by atoms with Crippen LogP contribution < -0.4 is 10.0 Å². The van der Waals surface area contributed by atoms with E-state index in [0.717, 1.165) is 39.0 Å². The highest BCUT2D eigenvalue weighted by molar-refractivity contribution is 7.89. The SMILES string of the molecule is CN1CCN(C)C(CNS(=O)(=O)CCCCNC2CC2)C1. The first-order valence-corrected chi connectivity index (χ1v) is 9.71. The van der Waals surface area contributed by atoms with Crippen LogP contribution in [0.1, 0.15) is 25.7 Å². The van der Waals surface area contributed by atoms with Crippen LogP contribution in [0.15, 0.2) is 0 Å². The molecule has 2 rings (SSSR count). The number of rotatable bonds is 9. The fraction of sp³-hybridized carbons (Fsp3) is 1.00. The van der Waals surface area contributed by atoms with Crippen molar-refractivity contribution < 1.29 is 8.42 Å². The highest BCUT2D eigenvalue weighted by Crippen LogP contribution is 2.18. The maximum Gasteiger partial charge on any atom is 0.211 e. The number of piperazine rings is 1. The second kappa shape index (κ2) is 7.87. The van der Waals surface area contributed by atoms with E-state index in [2.05, 4.69) is 33.9 Å². The largest absolute Gasteiger partial charge is 0.314 e. The quantitative estimate of drug-likeness (QED) is 0.571. The lowest BCUT2D eigenvalue weighted by molar-refractivity contribution is 0.117. The Morgan fingerprint density at radius 2 is 1.90 bits per heavy atom. The lowest BCUT2D eigenvalue weighted by Crippen LogP contribution is -2.54. The Morgan fingerprint density at radius 3 is 2.62 bits per heavy atom. The molecule has 21 heavy (non-hydrogen) atoms. The molecule has 0 aromatic heterocycles. The van der Waals surface area contributed by atoms with Gasteiger partial charge in [-0.15, -0.1) is 0 Å². The molecule has 1 heterocycles. The lowest BCUT2D eigenvalue weighted by Gasteiger charge is -2.37. The van der Waals surface area contributed by atoms with E-state index in [0.29, 0.717) is 12.6 Å². The summed E-state index contributed by atoms with van der Waals surface area (Å²) in [6.07, 6.45) is 4.23. The topological polar surface area (TPSA) is 64.7 Å². The number of hydrogen-bond acceptors (Lipinski definition) is 5. The van der Waals surface area contributed by atoms with E-state index in [1.165, 1.54) is 12.8 Å². The van der Waals surface area contributed by atoms with Gasteiger partial charge in [0.25, 0.3) is 0 Å². The summed E-state index contributed by atoms with van der Waals surface area (Å²) >= 11 is 0. The Balaban J connectivity index is 1.60. The maximum atomic E-state index is 12.0. The van der Waals surface area contributed by atoms with Crippen molar-refractivity contribution >= 4 is 10.0 Å². The number of unbranched alkanes of at least 4 members (excludes halogenated alkanes) is 1. The van der Waals surface area contributed by atoms with E-state index in [1.807, 2.05) is 0 Å². The zero-order valence-corrected chi connectivity index (χ0v) is 14.2. The van der Waals surface area contributed by atoms with Gasteiger partial charge in [-0.3, -0.25) is 4.90 Å². The summed E-state index contributed by atoms with van der Waals surface area (Å²) in [6, 6.07) is 0.980. The molecule has 7 heteroatoms. The van der Waals surface area contributed by atoms with Crippen LogP contribution in [0.25, 0.3) is 0 Å². The molecule has 0 amide bonds. The first kappa shape index (κ1) is 17.1. The van der Waals surface area contributed by atoms with Crippen LogP contribution in [-0.2, 0) is 10.0 Å². The van der Waals surface area contributed by atoms with Gasteiger partial charge in [0.2, 0.25) is 10.0 Å². The molecule has 1 saturated heterocycles. The Morgan fingerprint density at radius 1 is 1.14 bits per heavy atom. The minimum Gasteiger partial charge on any atom is -0.314 e. The number of likely N-dealkylation sites (N-methyl/N-ethyl adjacent to an activating group) is 2. The molecule has 1 aliphatic heterocycles. The van der Waals surface area contributed by atoms with Crippen molar-refractivity contribution in [1.82, 2.24) is 19.8 Å². The van der Waals surface area contributed by atoms with Crippen molar-refractivity contribution in [1.29, 1.82) is 0 Å². The zero-order chi connectivity index (χ0) is 15.3. The first-order valence-electron chi connectivity index (χ1n) is 8.06. The molecule has 2 fully saturated rings. The third-order valence-electron chi connectivity index (χ3n) is 4.37. The third kappa shape index (κ3) is 6.61. The highest BCUT2D eigenvalue weighted by atomic mass is 32.2. The van der Waals surface area contributed by atoms with Gasteiger partial charge in [0, 0.05) is 38.3 Å². The summed E-state index contributed by atoms with van der Waals surface area (Å²) < 4.78 is 26.8. The second-order valence-electron chi connectivity index (χ2n) is 6.50. The van der Waals surface area contributed by atoms with E-state index in [-0.39, 0.29) is 11.8 Å². The normalized spacial score (nSPS) is 25.3. The standard InChI is InChI=1S/C14H30N4O2S/c1-17-8-9-18(2)14(12-17)11-16-21(19,20)10-4-3-7-15-13-5-6-13/h13-16H,3-12H2,1-2H3. The van der Waals surface area contributed by atoms with Crippen molar-refractivity contribution in [2.45, 2.75) is 37.8 Å². The Labute approximate surface area is 129 Å². The summed E-state index contributed by atoms with van der Waals surface area (Å²) in [5.74, 6) is 0.242. The monoisotopic (exact) mass is 318 g/mol. The number of nitrogens with zero attached hydrogens (tertiary/aromatic N) is 2. The number of sulfonamides is 1. The molecule has 6 nitrogen and oxygen atoms in total. The highest BCUT2D eigenvalue weighted by Gasteiger charge is 2.23. The van der Waals surface area contributed by atoms with E-state index in [1.54, 1.807) is 0 Å². The van der Waals surface area contributed by atoms with E-state index < -0.39 is 10.0 Å². The second-order valence-corrected chi connectivity index (χ2v) is 8.43. The summed E-state index contributed by atoms with van der Waals surface area (Å²) in [7, 11) is 1.02. The van der Waals surface area contributed by atoms with Gasteiger partial charge in [0.05, 0.1) is 5.75 Å². The third-order valence-corrected chi connectivity index (χ3v) is 5.80. The van der Waals surface area contributed by atoms with Crippen LogP contribution >= 0.6 is 0 Å². The van der Waals surface area contributed by atoms with Crippen LogP contribution in [0.3, 0.4) is 0 Å². The fourth-order valence-corrected chi connectivity index (χ4v) is 3.80. The molecular formula is C14H30N4O2S. The molecule has 2 N–H and O–H groups in total. The average Bonchev–Trinajstić information content (AvgIpc) is 3.23. The van der Waals surface area contributed by atoms with Crippen molar-refractivity contribution in [3.05, 3.63) is 0 Å². The number of hydrogen-bond donors (Lipinski definition) is 2. The molecule has 0 radical (unpaired) electrons. The van der Waals surface area contributed by atoms with Crippen LogP contribution in [-0.4, -0.2) is 82.9 Å². The van der Waals surface area contributed by atoms with E-state index in [4.69, 9.17) is 0 Å². The van der Waals surface area contributed by atoms with E-state index >= 15 is 0 Å². The Bertz CT molecular complexity index is 411. The van der Waals surface area contributed by atoms with Gasteiger partial charge >= 0.3 is 0 Å². The molecule has 0 aromatic carbocycles. The van der Waals surface area contributed by atoms with E-state index in [9.17, 15) is 8.42 Å². The van der Waals surface area contributed by atoms with Crippen LogP contribution in [0, 0.1) is 0 Å². The molecule has 0 bridgehead atoms. The summed E-state index contributed by atoms with van der Waals surface area (Å²) in [6.45, 7) is 4.42. The van der Waals surface area contributed by atoms with Gasteiger partial charge in [-0.05, 0) is 46.3 Å². The molecule has 0 aromatic rings. The van der Waals surface area contributed by atoms with Crippen molar-refractivity contribution in [3.63, 3.8) is 0 Å². The molecule has 1 unspecified atom stereocenters. The van der Waals surface area contributed by atoms with Crippen LogP contribution in [0.2, 0.25) is 0 Å².